The predicted molar refractivity (Wildman–Crippen MR) is 101 cm³/mol. The second-order valence-corrected chi connectivity index (χ2v) is 6.75. The minimum atomic E-state index is -0.924. The van der Waals surface area contributed by atoms with Gasteiger partial charge < -0.3 is 15.2 Å². The molecule has 3 aromatic rings. The van der Waals surface area contributed by atoms with Crippen molar-refractivity contribution in [1.29, 1.82) is 0 Å². The van der Waals surface area contributed by atoms with Crippen molar-refractivity contribution >= 4 is 22.8 Å². The van der Waals surface area contributed by atoms with E-state index in [1.807, 2.05) is 30.3 Å². The number of anilines is 1. The van der Waals surface area contributed by atoms with Gasteiger partial charge in [-0.1, -0.05) is 30.3 Å². The van der Waals surface area contributed by atoms with Gasteiger partial charge in [0.1, 0.15) is 5.82 Å². The number of rotatable bonds is 5. The minimum Gasteiger partial charge on any atom is -0.479 e. The third-order valence-corrected chi connectivity index (χ3v) is 5.01. The van der Waals surface area contributed by atoms with Crippen LogP contribution in [0.4, 0.5) is 10.6 Å². The first kappa shape index (κ1) is 17.3. The van der Waals surface area contributed by atoms with Gasteiger partial charge in [0.05, 0.1) is 29.7 Å². The number of hydrogen-bond donors (Lipinski definition) is 4. The van der Waals surface area contributed by atoms with Crippen LogP contribution in [0.3, 0.4) is 0 Å². The number of carbonyl (C=O) groups is 1. The Balaban J connectivity index is 1.51. The van der Waals surface area contributed by atoms with Gasteiger partial charge in [-0.2, -0.15) is 0 Å². The maximum absolute atomic E-state index is 12.6. The van der Waals surface area contributed by atoms with Gasteiger partial charge in [0.15, 0.2) is 0 Å². The molecule has 2 aromatic heterocycles. The van der Waals surface area contributed by atoms with E-state index in [4.69, 9.17) is 4.74 Å². The van der Waals surface area contributed by atoms with Crippen molar-refractivity contribution in [1.82, 2.24) is 20.5 Å². The number of methoxy groups -OCH3 is 1. The maximum atomic E-state index is 12.6. The first-order valence-electron chi connectivity index (χ1n) is 8.82. The Hall–Kier alpha value is -3.13. The zero-order valence-corrected chi connectivity index (χ0v) is 14.9. The van der Waals surface area contributed by atoms with Gasteiger partial charge in [-0.05, 0) is 24.8 Å². The highest BCUT2D eigenvalue weighted by Crippen LogP contribution is 2.42. The lowest BCUT2D eigenvalue weighted by Crippen LogP contribution is -2.51. The van der Waals surface area contributed by atoms with Crippen molar-refractivity contribution in [2.24, 2.45) is 0 Å². The van der Waals surface area contributed by atoms with E-state index in [-0.39, 0.29) is 0 Å². The smallest absolute Gasteiger partial charge is 0.320 e. The Morgan fingerprint density at radius 3 is 2.78 bits per heavy atom. The zero-order valence-electron chi connectivity index (χ0n) is 14.9. The number of benzene rings is 1. The Kier molecular flexibility index (Phi) is 4.41. The lowest BCUT2D eigenvalue weighted by molar-refractivity contribution is -0.0627. The van der Waals surface area contributed by atoms with Crippen LogP contribution in [0.1, 0.15) is 30.9 Å². The van der Waals surface area contributed by atoms with Crippen molar-refractivity contribution in [3.05, 3.63) is 48.2 Å². The molecule has 0 aliphatic heterocycles. The average molecular weight is 367 g/mol. The monoisotopic (exact) mass is 367 g/mol. The fraction of sp³-hybridized carbons (Fsp3) is 0.316. The number of nitrogens with zero attached hydrogens (tertiary/aromatic N) is 2. The van der Waals surface area contributed by atoms with Gasteiger partial charge >= 0.3 is 6.03 Å². The van der Waals surface area contributed by atoms with E-state index in [9.17, 15) is 9.90 Å². The molecule has 0 bridgehead atoms. The highest BCUT2D eigenvalue weighted by atomic mass is 16.5. The SMILES string of the molecule is COc1n[nH]c2cc(NC(=O)NC(c3ccccc3)C3(O)CCC3)ncc12. The van der Waals surface area contributed by atoms with Gasteiger partial charge in [0.2, 0.25) is 5.88 Å². The first-order chi connectivity index (χ1) is 13.1. The highest BCUT2D eigenvalue weighted by molar-refractivity contribution is 5.92. The Labute approximate surface area is 156 Å². The number of aromatic nitrogens is 3. The van der Waals surface area contributed by atoms with Gasteiger partial charge in [-0.25, -0.2) is 9.78 Å². The van der Waals surface area contributed by atoms with Crippen molar-refractivity contribution < 1.29 is 14.6 Å². The van der Waals surface area contributed by atoms with Crippen LogP contribution in [0.25, 0.3) is 10.9 Å². The Bertz CT molecular complexity index is 952. The minimum absolute atomic E-state index is 0.374. The number of fused-ring (bicyclic) bond motifs is 1. The van der Waals surface area contributed by atoms with Crippen LogP contribution < -0.4 is 15.4 Å². The maximum Gasteiger partial charge on any atom is 0.320 e. The third kappa shape index (κ3) is 3.31. The van der Waals surface area contributed by atoms with Crippen LogP contribution in [-0.2, 0) is 0 Å². The van der Waals surface area contributed by atoms with Gasteiger partial charge in [0, 0.05) is 12.3 Å². The summed E-state index contributed by atoms with van der Waals surface area (Å²) in [5.41, 5.74) is 0.651. The van der Waals surface area contributed by atoms with E-state index in [2.05, 4.69) is 25.8 Å². The van der Waals surface area contributed by atoms with E-state index in [1.165, 1.54) is 7.11 Å². The molecule has 4 N–H and O–H groups in total. The van der Waals surface area contributed by atoms with Gasteiger partial charge in [-0.15, -0.1) is 5.10 Å². The predicted octanol–water partition coefficient (Wildman–Crippen LogP) is 2.74. The molecular weight excluding hydrogens is 346 g/mol. The van der Waals surface area contributed by atoms with Crippen LogP contribution in [0, 0.1) is 0 Å². The number of amides is 2. The third-order valence-electron chi connectivity index (χ3n) is 5.01. The van der Waals surface area contributed by atoms with Crippen LogP contribution in [0.5, 0.6) is 5.88 Å². The highest BCUT2D eigenvalue weighted by Gasteiger charge is 2.43. The molecule has 2 amide bonds. The molecule has 1 aromatic carbocycles. The molecule has 0 radical (unpaired) electrons. The number of aliphatic hydroxyl groups is 1. The molecule has 140 valence electrons. The van der Waals surface area contributed by atoms with Gasteiger partial charge in [0.25, 0.3) is 0 Å². The van der Waals surface area contributed by atoms with E-state index in [0.717, 1.165) is 17.4 Å². The molecule has 1 unspecified atom stereocenters. The van der Waals surface area contributed by atoms with Crippen molar-refractivity contribution in [3.63, 3.8) is 0 Å². The van der Waals surface area contributed by atoms with Crippen molar-refractivity contribution in [3.8, 4) is 5.88 Å². The number of pyridine rings is 1. The number of ether oxygens (including phenoxy) is 1. The molecule has 27 heavy (non-hydrogen) atoms. The second-order valence-electron chi connectivity index (χ2n) is 6.75. The summed E-state index contributed by atoms with van der Waals surface area (Å²) in [6.07, 6.45) is 3.85. The van der Waals surface area contributed by atoms with Crippen molar-refractivity contribution in [2.45, 2.75) is 30.9 Å². The van der Waals surface area contributed by atoms with Crippen molar-refractivity contribution in [2.75, 3.05) is 12.4 Å². The summed E-state index contributed by atoms with van der Waals surface area (Å²) in [7, 11) is 1.53. The summed E-state index contributed by atoms with van der Waals surface area (Å²) in [5, 5.41) is 24.0. The molecular formula is C19H21N5O3. The molecule has 0 spiro atoms. The Morgan fingerprint density at radius 2 is 2.11 bits per heavy atom. The lowest BCUT2D eigenvalue weighted by atomic mass is 9.72. The fourth-order valence-corrected chi connectivity index (χ4v) is 3.40. The first-order valence-corrected chi connectivity index (χ1v) is 8.82. The molecule has 8 heteroatoms. The van der Waals surface area contributed by atoms with Gasteiger partial charge in [-0.3, -0.25) is 10.4 Å². The van der Waals surface area contributed by atoms with Crippen LogP contribution in [-0.4, -0.2) is 39.0 Å². The average Bonchev–Trinajstić information content (AvgIpc) is 3.07. The number of carbonyl (C=O) groups excluding carboxylic acids is 1. The standard InChI is InChI=1S/C19H21N5O3/c1-27-17-13-11-20-15(10-14(13)23-24-17)21-18(25)22-16(19(26)8-5-9-19)12-6-3-2-4-7-12/h2-4,6-7,10-11,16,26H,5,8-9H2,1H3,(H,23,24)(H2,20,21,22,25). The molecule has 1 fully saturated rings. The molecule has 1 aliphatic rings. The zero-order chi connectivity index (χ0) is 18.9. The fourth-order valence-electron chi connectivity index (χ4n) is 3.40. The van der Waals surface area contributed by atoms with Crippen LogP contribution in [0.15, 0.2) is 42.6 Å². The van der Waals surface area contributed by atoms with E-state index >= 15 is 0 Å². The number of nitrogens with one attached hydrogen (secondary N) is 3. The number of aromatic amines is 1. The van der Waals surface area contributed by atoms with E-state index in [1.54, 1.807) is 12.3 Å². The molecule has 8 nitrogen and oxygen atoms in total. The quantitative estimate of drug-likeness (QED) is 0.554. The van der Waals surface area contributed by atoms with E-state index < -0.39 is 17.7 Å². The summed E-state index contributed by atoms with van der Waals surface area (Å²) >= 11 is 0. The van der Waals surface area contributed by atoms with Crippen LogP contribution >= 0.6 is 0 Å². The number of urea groups is 1. The normalized spacial score (nSPS) is 16.4. The molecule has 1 aliphatic carbocycles. The summed E-state index contributed by atoms with van der Waals surface area (Å²) in [4.78, 5) is 16.8. The number of H-pyrrole nitrogens is 1. The molecule has 1 saturated carbocycles. The summed E-state index contributed by atoms with van der Waals surface area (Å²) in [6, 6.07) is 10.3. The van der Waals surface area contributed by atoms with Crippen LogP contribution in [0.2, 0.25) is 0 Å². The Morgan fingerprint density at radius 1 is 1.33 bits per heavy atom. The lowest BCUT2D eigenvalue weighted by Gasteiger charge is -2.43. The molecule has 1 atom stereocenters. The summed E-state index contributed by atoms with van der Waals surface area (Å²) in [5.74, 6) is 0.823. The summed E-state index contributed by atoms with van der Waals surface area (Å²) in [6.45, 7) is 0. The molecule has 2 heterocycles. The largest absolute Gasteiger partial charge is 0.479 e. The summed E-state index contributed by atoms with van der Waals surface area (Å²) < 4.78 is 5.14. The number of hydrogen-bond acceptors (Lipinski definition) is 5. The molecule has 0 saturated heterocycles. The van der Waals surface area contributed by atoms with E-state index in [0.29, 0.717) is 30.1 Å². The second kappa shape index (κ2) is 6.88. The molecule has 4 rings (SSSR count). The topological polar surface area (TPSA) is 112 Å².